The van der Waals surface area contributed by atoms with E-state index in [9.17, 15) is 23.5 Å². The fourth-order valence-corrected chi connectivity index (χ4v) is 4.22. The Hall–Kier alpha value is -4.27. The minimum Gasteiger partial charge on any atom is -0.507 e. The van der Waals surface area contributed by atoms with Gasteiger partial charge in [0.05, 0.1) is 29.2 Å². The summed E-state index contributed by atoms with van der Waals surface area (Å²) in [7, 11) is 1.87. The summed E-state index contributed by atoms with van der Waals surface area (Å²) in [4.78, 5) is 33.2. The van der Waals surface area contributed by atoms with E-state index in [1.54, 1.807) is 36.4 Å². The van der Waals surface area contributed by atoms with Crippen LogP contribution in [0.4, 0.5) is 20.2 Å². The van der Waals surface area contributed by atoms with Crippen molar-refractivity contribution >= 4 is 28.8 Å². The fraction of sp³-hybridized carbons (Fsp3) is 0.160. The molecule has 0 saturated carbocycles. The van der Waals surface area contributed by atoms with Gasteiger partial charge in [0.15, 0.2) is 0 Å². The van der Waals surface area contributed by atoms with Gasteiger partial charge in [0.2, 0.25) is 0 Å². The molecule has 2 aliphatic rings. The molecule has 1 fully saturated rings. The lowest BCUT2D eigenvalue weighted by molar-refractivity contribution is -0.132. The van der Waals surface area contributed by atoms with Crippen LogP contribution in [0.15, 0.2) is 66.4 Å². The van der Waals surface area contributed by atoms with Crippen molar-refractivity contribution in [2.24, 2.45) is 0 Å². The number of rotatable bonds is 3. The van der Waals surface area contributed by atoms with Crippen LogP contribution in [-0.4, -0.2) is 42.0 Å². The van der Waals surface area contributed by atoms with Crippen molar-refractivity contribution < 1.29 is 28.2 Å². The molecule has 34 heavy (non-hydrogen) atoms. The van der Waals surface area contributed by atoms with Crippen LogP contribution in [0.5, 0.6) is 5.75 Å². The number of benzene rings is 2. The standard InChI is InChI=1S/C25H19F2N3O4/c1-29-10-11-34-20-8-5-14(12-19(20)29)23(31)21-22(17-4-2-3-9-28-17)30(25(33)24(21)32)18-13-15(26)6-7-16(18)27/h2-9,12-13,22,31H,10-11H2,1H3/b23-21-. The van der Waals surface area contributed by atoms with Crippen molar-refractivity contribution in [3.8, 4) is 5.75 Å². The topological polar surface area (TPSA) is 83.0 Å². The number of likely N-dealkylation sites (N-methyl/N-ethyl adjacent to an activating group) is 1. The molecule has 0 spiro atoms. The molecule has 9 heteroatoms. The van der Waals surface area contributed by atoms with Gasteiger partial charge in [-0.2, -0.15) is 0 Å². The Morgan fingerprint density at radius 2 is 1.91 bits per heavy atom. The predicted molar refractivity (Wildman–Crippen MR) is 121 cm³/mol. The number of Topliss-reactive ketones (excluding diaryl/α,β-unsaturated/α-hetero) is 1. The third-order valence-corrected chi connectivity index (χ3v) is 5.91. The van der Waals surface area contributed by atoms with Gasteiger partial charge < -0.3 is 14.7 Å². The first-order valence-corrected chi connectivity index (χ1v) is 10.5. The number of aliphatic hydroxyl groups excluding tert-OH is 1. The maximum Gasteiger partial charge on any atom is 0.300 e. The molecular formula is C25H19F2N3O4. The van der Waals surface area contributed by atoms with E-state index in [2.05, 4.69) is 4.98 Å². The highest BCUT2D eigenvalue weighted by Gasteiger charge is 2.48. The number of amides is 1. The van der Waals surface area contributed by atoms with Crippen LogP contribution in [-0.2, 0) is 9.59 Å². The Balaban J connectivity index is 1.72. The summed E-state index contributed by atoms with van der Waals surface area (Å²) < 4.78 is 34.3. The quantitative estimate of drug-likeness (QED) is 0.361. The molecule has 3 heterocycles. The molecular weight excluding hydrogens is 444 g/mol. The molecule has 0 radical (unpaired) electrons. The molecule has 0 aliphatic carbocycles. The van der Waals surface area contributed by atoms with E-state index in [-0.39, 0.29) is 16.8 Å². The third-order valence-electron chi connectivity index (χ3n) is 5.91. The SMILES string of the molecule is CN1CCOc2ccc(/C(O)=C3/C(=O)C(=O)N(c4cc(F)ccc4F)C3c3ccccn3)cc21. The van der Waals surface area contributed by atoms with E-state index in [0.717, 1.165) is 23.1 Å². The number of anilines is 2. The van der Waals surface area contributed by atoms with Crippen molar-refractivity contribution in [2.75, 3.05) is 30.0 Å². The zero-order valence-electron chi connectivity index (χ0n) is 18.0. The highest BCUT2D eigenvalue weighted by molar-refractivity contribution is 6.51. The zero-order valence-corrected chi connectivity index (χ0v) is 18.0. The Bertz CT molecular complexity index is 1340. The molecule has 1 saturated heterocycles. The number of aliphatic hydroxyl groups is 1. The summed E-state index contributed by atoms with van der Waals surface area (Å²) in [5.41, 5.74) is 0.497. The molecule has 7 nitrogen and oxygen atoms in total. The molecule has 1 aromatic heterocycles. The van der Waals surface area contributed by atoms with Crippen molar-refractivity contribution in [1.82, 2.24) is 4.98 Å². The van der Waals surface area contributed by atoms with Crippen LogP contribution >= 0.6 is 0 Å². The van der Waals surface area contributed by atoms with Gasteiger partial charge in [-0.25, -0.2) is 8.78 Å². The van der Waals surface area contributed by atoms with Gasteiger partial charge in [-0.1, -0.05) is 6.07 Å². The fourth-order valence-electron chi connectivity index (χ4n) is 4.22. The van der Waals surface area contributed by atoms with Gasteiger partial charge in [-0.3, -0.25) is 19.5 Å². The van der Waals surface area contributed by atoms with Crippen LogP contribution in [0, 0.1) is 11.6 Å². The Morgan fingerprint density at radius 1 is 1.09 bits per heavy atom. The number of pyridine rings is 1. The lowest BCUT2D eigenvalue weighted by Gasteiger charge is -2.28. The van der Waals surface area contributed by atoms with Crippen LogP contribution in [0.2, 0.25) is 0 Å². The molecule has 172 valence electrons. The van der Waals surface area contributed by atoms with E-state index in [4.69, 9.17) is 4.74 Å². The maximum absolute atomic E-state index is 14.7. The van der Waals surface area contributed by atoms with Crippen LogP contribution in [0.25, 0.3) is 5.76 Å². The van der Waals surface area contributed by atoms with Crippen molar-refractivity contribution in [3.63, 3.8) is 0 Å². The minimum absolute atomic E-state index is 0.213. The second-order valence-electron chi connectivity index (χ2n) is 7.97. The lowest BCUT2D eigenvalue weighted by atomic mass is 9.97. The number of hydrogen-bond donors (Lipinski definition) is 1. The molecule has 1 N–H and O–H groups in total. The molecule has 2 aromatic carbocycles. The summed E-state index contributed by atoms with van der Waals surface area (Å²) in [6, 6.07) is 11.1. The molecule has 2 aliphatic heterocycles. The maximum atomic E-state index is 14.7. The van der Waals surface area contributed by atoms with Crippen molar-refractivity contribution in [3.05, 3.63) is 89.3 Å². The zero-order chi connectivity index (χ0) is 24.0. The first-order chi connectivity index (χ1) is 16.4. The van der Waals surface area contributed by atoms with Crippen molar-refractivity contribution in [1.29, 1.82) is 0 Å². The number of ketones is 1. The third kappa shape index (κ3) is 3.45. The summed E-state index contributed by atoms with van der Waals surface area (Å²) in [6.07, 6.45) is 1.45. The van der Waals surface area contributed by atoms with E-state index >= 15 is 0 Å². The Labute approximate surface area is 193 Å². The van der Waals surface area contributed by atoms with Crippen molar-refractivity contribution in [2.45, 2.75) is 6.04 Å². The molecule has 1 unspecified atom stereocenters. The molecule has 0 bridgehead atoms. The number of carbonyl (C=O) groups excluding carboxylic acids is 2. The average Bonchev–Trinajstić information content (AvgIpc) is 3.11. The van der Waals surface area contributed by atoms with Crippen LogP contribution in [0.1, 0.15) is 17.3 Å². The van der Waals surface area contributed by atoms with E-state index in [1.165, 1.54) is 6.20 Å². The summed E-state index contributed by atoms with van der Waals surface area (Å²) in [6.45, 7) is 1.15. The second kappa shape index (κ2) is 8.26. The van der Waals surface area contributed by atoms with Gasteiger partial charge in [0.1, 0.15) is 35.8 Å². The highest BCUT2D eigenvalue weighted by Crippen LogP contribution is 2.43. The number of halogens is 2. The number of carbonyl (C=O) groups is 2. The van der Waals surface area contributed by atoms with Crippen LogP contribution < -0.4 is 14.5 Å². The number of hydrogen-bond acceptors (Lipinski definition) is 6. The first kappa shape index (κ1) is 21.6. The second-order valence-corrected chi connectivity index (χ2v) is 7.97. The Morgan fingerprint density at radius 3 is 2.68 bits per heavy atom. The minimum atomic E-state index is -1.26. The van der Waals surface area contributed by atoms with Gasteiger partial charge in [0.25, 0.3) is 11.7 Å². The van der Waals surface area contributed by atoms with E-state index in [1.807, 2.05) is 11.9 Å². The molecule has 5 rings (SSSR count). The van der Waals surface area contributed by atoms with Crippen LogP contribution in [0.3, 0.4) is 0 Å². The summed E-state index contributed by atoms with van der Waals surface area (Å²) in [5.74, 6) is -3.63. The van der Waals surface area contributed by atoms with Gasteiger partial charge in [0, 0.05) is 24.9 Å². The first-order valence-electron chi connectivity index (χ1n) is 10.5. The highest BCUT2D eigenvalue weighted by atomic mass is 19.1. The number of aromatic nitrogens is 1. The molecule has 3 aromatic rings. The number of ether oxygens (including phenoxy) is 1. The smallest absolute Gasteiger partial charge is 0.300 e. The monoisotopic (exact) mass is 463 g/mol. The summed E-state index contributed by atoms with van der Waals surface area (Å²) in [5, 5.41) is 11.2. The van der Waals surface area contributed by atoms with Gasteiger partial charge >= 0.3 is 0 Å². The molecule has 1 atom stereocenters. The normalized spacial score (nSPS) is 19.2. The predicted octanol–water partition coefficient (Wildman–Crippen LogP) is 3.81. The molecule has 1 amide bonds. The summed E-state index contributed by atoms with van der Waals surface area (Å²) >= 11 is 0. The largest absolute Gasteiger partial charge is 0.507 e. The van der Waals surface area contributed by atoms with E-state index < -0.39 is 40.8 Å². The lowest BCUT2D eigenvalue weighted by Crippen LogP contribution is -2.30. The Kier molecular flexibility index (Phi) is 5.24. The van der Waals surface area contributed by atoms with E-state index in [0.29, 0.717) is 24.6 Å². The number of fused-ring (bicyclic) bond motifs is 1. The number of nitrogens with zero attached hydrogens (tertiary/aromatic N) is 3. The average molecular weight is 463 g/mol. The van der Waals surface area contributed by atoms with Gasteiger partial charge in [-0.15, -0.1) is 0 Å². The van der Waals surface area contributed by atoms with Gasteiger partial charge in [-0.05, 0) is 42.5 Å².